The zero-order valence-electron chi connectivity index (χ0n) is 30.3. The van der Waals surface area contributed by atoms with Crippen LogP contribution in [0.5, 0.6) is 0 Å². The summed E-state index contributed by atoms with van der Waals surface area (Å²) in [6.07, 6.45) is 8.02. The number of nitrogens with zero attached hydrogens (tertiary/aromatic N) is 1. The van der Waals surface area contributed by atoms with E-state index in [0.29, 0.717) is 0 Å². The Morgan fingerprint density at radius 1 is 0.418 bits per heavy atom. The molecule has 0 saturated carbocycles. The highest BCUT2D eigenvalue weighted by Gasteiger charge is 2.25. The first-order valence-electron chi connectivity index (χ1n) is 19.1. The van der Waals surface area contributed by atoms with Crippen molar-refractivity contribution in [1.82, 2.24) is 4.98 Å². The highest BCUT2D eigenvalue weighted by Crippen LogP contribution is 2.51. The Bertz CT molecular complexity index is 3430. The van der Waals surface area contributed by atoms with Crippen molar-refractivity contribution in [2.24, 2.45) is 0 Å². The first-order valence-corrected chi connectivity index (χ1v) is 19.1. The van der Waals surface area contributed by atoms with E-state index in [1.54, 1.807) is 0 Å². The van der Waals surface area contributed by atoms with Gasteiger partial charge >= 0.3 is 0 Å². The van der Waals surface area contributed by atoms with Gasteiger partial charge in [0.15, 0.2) is 0 Å². The maximum Gasteiger partial charge on any atom is 0.0787 e. The van der Waals surface area contributed by atoms with E-state index in [0.717, 1.165) is 5.69 Å². The van der Waals surface area contributed by atoms with Gasteiger partial charge in [-0.15, -0.1) is 0 Å². The van der Waals surface area contributed by atoms with Gasteiger partial charge in [0, 0.05) is 17.3 Å². The van der Waals surface area contributed by atoms with Gasteiger partial charge in [-0.25, -0.2) is 0 Å². The molecule has 0 spiro atoms. The van der Waals surface area contributed by atoms with Crippen LogP contribution < -0.4 is 0 Å². The third-order valence-corrected chi connectivity index (χ3v) is 12.4. The predicted octanol–water partition coefficient (Wildman–Crippen LogP) is 15.0. The van der Waals surface area contributed by atoms with E-state index >= 15 is 0 Å². The first kappa shape index (κ1) is 30.4. The van der Waals surface area contributed by atoms with Crippen LogP contribution in [0.2, 0.25) is 0 Å². The molecule has 1 nitrogen and oxygen atoms in total. The molecule has 1 aromatic heterocycles. The zero-order chi connectivity index (χ0) is 36.4. The lowest BCUT2D eigenvalue weighted by Gasteiger charge is -2.16. The van der Waals surface area contributed by atoms with Crippen molar-refractivity contribution in [3.63, 3.8) is 0 Å². The standard InChI is InChI=1S/C54H33N/c1-3-4-12-34-31(2)44-27-47-37-15-7-5-13-35(37)45(28-49(47)41-19-9-17-39(34)52(41)44)32-22-24-33(25-23-32)46-29-50-42-20-10-18-40-43-21-11-26-55-54(43)51(53(40)42)30-48(50)38-16-8-6-14-36(38)46/h3-30H,1H2,2H3/b12-4-. The number of pyridine rings is 1. The van der Waals surface area contributed by atoms with Gasteiger partial charge in [-0.05, 0) is 152 Å². The van der Waals surface area contributed by atoms with E-state index in [4.69, 9.17) is 4.98 Å². The molecule has 0 saturated heterocycles. The number of hydrogen-bond acceptors (Lipinski definition) is 1. The molecule has 9 aromatic carbocycles. The largest absolute Gasteiger partial charge is 0.256 e. The molecule has 2 aliphatic carbocycles. The lowest BCUT2D eigenvalue weighted by molar-refractivity contribution is 1.35. The van der Waals surface area contributed by atoms with Crippen LogP contribution in [0.25, 0.3) is 120 Å². The highest BCUT2D eigenvalue weighted by atomic mass is 14.7. The molecule has 0 N–H and O–H groups in total. The van der Waals surface area contributed by atoms with Crippen LogP contribution in [0.15, 0.2) is 177 Å². The van der Waals surface area contributed by atoms with Crippen LogP contribution in [-0.2, 0) is 0 Å². The maximum absolute atomic E-state index is 4.85. The molecule has 1 heteroatoms. The number of hydrogen-bond donors (Lipinski definition) is 0. The second-order valence-corrected chi connectivity index (χ2v) is 15.0. The van der Waals surface area contributed by atoms with E-state index < -0.39 is 0 Å². The number of aromatic nitrogens is 1. The van der Waals surface area contributed by atoms with Gasteiger partial charge in [0.2, 0.25) is 0 Å². The molecule has 55 heavy (non-hydrogen) atoms. The van der Waals surface area contributed by atoms with Gasteiger partial charge in [-0.3, -0.25) is 4.98 Å². The molecule has 0 radical (unpaired) electrons. The van der Waals surface area contributed by atoms with E-state index in [9.17, 15) is 0 Å². The third kappa shape index (κ3) is 4.10. The molecule has 0 unspecified atom stereocenters. The topological polar surface area (TPSA) is 12.9 Å². The lowest BCUT2D eigenvalue weighted by Crippen LogP contribution is -1.90. The van der Waals surface area contributed by atoms with Crippen LogP contribution in [0.4, 0.5) is 0 Å². The van der Waals surface area contributed by atoms with Gasteiger partial charge in [0.05, 0.1) is 5.69 Å². The van der Waals surface area contributed by atoms with Crippen molar-refractivity contribution in [3.8, 4) is 44.6 Å². The Labute approximate surface area is 318 Å². The summed E-state index contributed by atoms with van der Waals surface area (Å²) in [7, 11) is 0. The molecule has 2 aliphatic rings. The minimum Gasteiger partial charge on any atom is -0.256 e. The molecule has 10 aromatic rings. The van der Waals surface area contributed by atoms with Gasteiger partial charge < -0.3 is 0 Å². The van der Waals surface area contributed by atoms with Crippen LogP contribution >= 0.6 is 0 Å². The Hall–Kier alpha value is -7.09. The summed E-state index contributed by atoms with van der Waals surface area (Å²) >= 11 is 0. The van der Waals surface area contributed by atoms with Crippen molar-refractivity contribution in [1.29, 1.82) is 0 Å². The van der Waals surface area contributed by atoms with Crippen LogP contribution in [0, 0.1) is 0 Å². The van der Waals surface area contributed by atoms with E-state index in [2.05, 4.69) is 159 Å². The minimum atomic E-state index is 1.08. The fourth-order valence-electron chi connectivity index (χ4n) is 9.92. The monoisotopic (exact) mass is 695 g/mol. The number of allylic oxidation sites excluding steroid dienone is 5. The number of benzene rings is 9. The summed E-state index contributed by atoms with van der Waals surface area (Å²) in [4.78, 5) is 4.85. The first-order chi connectivity index (χ1) is 27.2. The Kier molecular flexibility index (Phi) is 6.19. The van der Waals surface area contributed by atoms with Gasteiger partial charge in [-0.2, -0.15) is 0 Å². The summed E-state index contributed by atoms with van der Waals surface area (Å²) in [5.74, 6) is 0. The second kappa shape index (κ2) is 11.2. The Balaban J connectivity index is 1.06. The van der Waals surface area contributed by atoms with Crippen LogP contribution in [-0.4, -0.2) is 4.98 Å². The number of fused-ring (bicyclic) bond motifs is 11. The van der Waals surface area contributed by atoms with Crippen LogP contribution in [0.1, 0.15) is 18.1 Å². The average molecular weight is 696 g/mol. The normalized spacial score (nSPS) is 13.1. The molecule has 0 atom stereocenters. The van der Waals surface area contributed by atoms with Gasteiger partial charge in [0.1, 0.15) is 0 Å². The summed E-state index contributed by atoms with van der Waals surface area (Å²) < 4.78 is 0. The van der Waals surface area contributed by atoms with Crippen molar-refractivity contribution in [2.45, 2.75) is 6.92 Å². The molecule has 0 fully saturated rings. The van der Waals surface area contributed by atoms with Crippen LogP contribution in [0.3, 0.4) is 0 Å². The second-order valence-electron chi connectivity index (χ2n) is 15.0. The fourth-order valence-corrected chi connectivity index (χ4v) is 9.92. The van der Waals surface area contributed by atoms with E-state index in [1.807, 2.05) is 24.4 Å². The Morgan fingerprint density at radius 2 is 0.909 bits per heavy atom. The molecule has 12 rings (SSSR count). The predicted molar refractivity (Wildman–Crippen MR) is 236 cm³/mol. The SMILES string of the molecule is C=C/C=C\C1=C(C)c2cc3c4ccccc4c(-c4ccc(-c5cc6c7cccc8c7c(cc6c6ccccc56)-c5ncccc5-8)cc4)cc3c3cccc1c23. The van der Waals surface area contributed by atoms with Crippen molar-refractivity contribution in [3.05, 3.63) is 188 Å². The molecular weight excluding hydrogens is 663 g/mol. The summed E-state index contributed by atoms with van der Waals surface area (Å²) in [6, 6.07) is 54.5. The summed E-state index contributed by atoms with van der Waals surface area (Å²) in [6.45, 7) is 6.18. The molecule has 1 heterocycles. The van der Waals surface area contributed by atoms with Crippen molar-refractivity contribution >= 4 is 75.8 Å². The molecule has 254 valence electrons. The summed E-state index contributed by atoms with van der Waals surface area (Å²) in [5.41, 5.74) is 15.0. The molecule has 0 aliphatic heterocycles. The maximum atomic E-state index is 4.85. The summed E-state index contributed by atoms with van der Waals surface area (Å²) in [5, 5.41) is 15.5. The molecule has 0 bridgehead atoms. The van der Waals surface area contributed by atoms with Gasteiger partial charge in [0.25, 0.3) is 0 Å². The minimum absolute atomic E-state index is 1.08. The number of rotatable bonds is 4. The highest BCUT2D eigenvalue weighted by molar-refractivity contribution is 6.29. The lowest BCUT2D eigenvalue weighted by atomic mass is 9.87. The van der Waals surface area contributed by atoms with Crippen molar-refractivity contribution < 1.29 is 0 Å². The van der Waals surface area contributed by atoms with Gasteiger partial charge in [-0.1, -0.05) is 140 Å². The Morgan fingerprint density at radius 3 is 1.53 bits per heavy atom. The average Bonchev–Trinajstić information content (AvgIpc) is 3.71. The smallest absolute Gasteiger partial charge is 0.0787 e. The van der Waals surface area contributed by atoms with E-state index in [-0.39, 0.29) is 0 Å². The van der Waals surface area contributed by atoms with Crippen molar-refractivity contribution in [2.75, 3.05) is 0 Å². The van der Waals surface area contributed by atoms with E-state index in [1.165, 1.54) is 126 Å². The fraction of sp³-hybridized carbons (Fsp3) is 0.0185. The third-order valence-electron chi connectivity index (χ3n) is 12.4. The molecule has 0 amide bonds. The zero-order valence-corrected chi connectivity index (χ0v) is 30.3. The quantitative estimate of drug-likeness (QED) is 0.132. The molecular formula is C54H33N.